The second-order valence-corrected chi connectivity index (χ2v) is 9.11. The van der Waals surface area contributed by atoms with Crippen LogP contribution in [0, 0.1) is 0 Å². The smallest absolute Gasteiger partial charge is 0.139 e. The summed E-state index contributed by atoms with van der Waals surface area (Å²) in [6.07, 6.45) is 0. The molecule has 0 radical (unpaired) electrons. The average molecular weight is 497 g/mol. The maximum absolute atomic E-state index is 6.46. The number of rotatable bonds is 2. The number of benzene rings is 2. The predicted molar refractivity (Wildman–Crippen MR) is 140 cm³/mol. The first kappa shape index (κ1) is 21.5. The van der Waals surface area contributed by atoms with Crippen molar-refractivity contribution in [2.75, 3.05) is 26.2 Å². The van der Waals surface area contributed by atoms with Crippen molar-refractivity contribution >= 4 is 79.4 Å². The Morgan fingerprint density at radius 2 is 1.03 bits per heavy atom. The predicted octanol–water partition coefficient (Wildman–Crippen LogP) is 5.76. The molecule has 1 aliphatic rings. The van der Waals surface area contributed by atoms with Crippen molar-refractivity contribution < 1.29 is 0 Å². The van der Waals surface area contributed by atoms with Crippen molar-refractivity contribution in [2.45, 2.75) is 0 Å². The minimum absolute atomic E-state index is 0.431. The van der Waals surface area contributed by atoms with Crippen LogP contribution in [0.3, 0.4) is 0 Å². The van der Waals surface area contributed by atoms with E-state index in [0.717, 1.165) is 59.1 Å². The van der Waals surface area contributed by atoms with Crippen molar-refractivity contribution in [3.63, 3.8) is 0 Å². The highest BCUT2D eigenvalue weighted by molar-refractivity contribution is 7.81. The minimum Gasteiger partial charge on any atom is -0.359 e. The van der Waals surface area contributed by atoms with Crippen LogP contribution in [-0.4, -0.2) is 55.9 Å². The van der Waals surface area contributed by atoms with Crippen molar-refractivity contribution in [1.29, 1.82) is 0 Å². The summed E-state index contributed by atoms with van der Waals surface area (Å²) in [4.78, 5) is 14.8. The molecule has 32 heavy (non-hydrogen) atoms. The number of nitrogens with zero attached hydrogens (tertiary/aromatic N) is 4. The Hall–Kier alpha value is -2.38. The van der Waals surface area contributed by atoms with Crippen LogP contribution in [0.15, 0.2) is 60.7 Å². The molecule has 0 bridgehead atoms. The molecule has 0 N–H and O–H groups in total. The van der Waals surface area contributed by atoms with E-state index < -0.39 is 0 Å². The number of piperazine rings is 1. The molecule has 2 aromatic carbocycles. The Kier molecular flexibility index (Phi) is 5.95. The molecule has 0 spiro atoms. The van der Waals surface area contributed by atoms with E-state index in [2.05, 4.69) is 19.8 Å². The quantitative estimate of drug-likeness (QED) is 0.259. The van der Waals surface area contributed by atoms with Crippen LogP contribution in [0.25, 0.3) is 21.8 Å². The molecule has 2 aromatic heterocycles. The van der Waals surface area contributed by atoms with Gasteiger partial charge in [-0.1, -0.05) is 84.0 Å². The summed E-state index contributed by atoms with van der Waals surface area (Å²) in [5.74, 6) is 0. The molecular weight excluding hydrogens is 479 g/mol. The van der Waals surface area contributed by atoms with Crippen LogP contribution >= 0.6 is 47.6 Å². The Morgan fingerprint density at radius 3 is 1.44 bits per heavy atom. The average Bonchev–Trinajstić information content (AvgIpc) is 2.82. The molecule has 3 heterocycles. The van der Waals surface area contributed by atoms with Crippen molar-refractivity contribution in [2.24, 2.45) is 0 Å². The molecule has 4 nitrogen and oxygen atoms in total. The Labute approximate surface area is 206 Å². The van der Waals surface area contributed by atoms with Gasteiger partial charge in [0.05, 0.1) is 11.0 Å². The lowest BCUT2D eigenvalue weighted by Crippen LogP contribution is -2.50. The van der Waals surface area contributed by atoms with Gasteiger partial charge >= 0.3 is 0 Å². The third-order valence-corrected chi connectivity index (χ3v) is 7.20. The highest BCUT2D eigenvalue weighted by Gasteiger charge is 2.25. The number of pyridine rings is 2. The molecule has 1 saturated heterocycles. The zero-order chi connectivity index (χ0) is 22.2. The first-order valence-electron chi connectivity index (χ1n) is 10.2. The van der Waals surface area contributed by atoms with E-state index in [-0.39, 0.29) is 0 Å². The van der Waals surface area contributed by atoms with Crippen LogP contribution in [0.1, 0.15) is 11.1 Å². The van der Waals surface area contributed by atoms with Gasteiger partial charge in [0.25, 0.3) is 0 Å². The van der Waals surface area contributed by atoms with Crippen LogP contribution in [0.4, 0.5) is 0 Å². The zero-order valence-corrected chi connectivity index (χ0v) is 20.1. The summed E-state index contributed by atoms with van der Waals surface area (Å²) in [7, 11) is 0. The summed E-state index contributed by atoms with van der Waals surface area (Å²) in [6, 6.07) is 19.8. The van der Waals surface area contributed by atoms with E-state index >= 15 is 0 Å². The van der Waals surface area contributed by atoms with Gasteiger partial charge in [-0.05, 0) is 24.3 Å². The van der Waals surface area contributed by atoms with Crippen LogP contribution < -0.4 is 0 Å². The van der Waals surface area contributed by atoms with Crippen molar-refractivity contribution in [3.8, 4) is 0 Å². The molecule has 4 aromatic rings. The van der Waals surface area contributed by atoms with Gasteiger partial charge in [0.1, 0.15) is 20.3 Å². The van der Waals surface area contributed by atoms with Gasteiger partial charge in [0.15, 0.2) is 0 Å². The van der Waals surface area contributed by atoms with Gasteiger partial charge in [-0.3, -0.25) is 0 Å². The molecule has 0 aliphatic carbocycles. The summed E-state index contributed by atoms with van der Waals surface area (Å²) < 4.78 is 0. The van der Waals surface area contributed by atoms with Crippen LogP contribution in [-0.2, 0) is 0 Å². The third-order valence-electron chi connectivity index (χ3n) is 5.67. The number of hydrogen-bond donors (Lipinski definition) is 0. The van der Waals surface area contributed by atoms with E-state index in [1.54, 1.807) is 0 Å². The second-order valence-electron chi connectivity index (χ2n) is 7.62. The topological polar surface area (TPSA) is 32.3 Å². The second kappa shape index (κ2) is 8.87. The fourth-order valence-electron chi connectivity index (χ4n) is 3.94. The molecule has 8 heteroatoms. The van der Waals surface area contributed by atoms with Crippen LogP contribution in [0.2, 0.25) is 10.3 Å². The highest BCUT2D eigenvalue weighted by atomic mass is 35.5. The fraction of sp³-hybridized carbons (Fsp3) is 0.167. The highest BCUT2D eigenvalue weighted by Crippen LogP contribution is 2.25. The number of thiocarbonyl (C=S) groups is 2. The van der Waals surface area contributed by atoms with Gasteiger partial charge < -0.3 is 9.80 Å². The maximum atomic E-state index is 6.46. The molecule has 5 rings (SSSR count). The van der Waals surface area contributed by atoms with Crippen molar-refractivity contribution in [3.05, 3.63) is 82.1 Å². The van der Waals surface area contributed by atoms with Crippen LogP contribution in [0.5, 0.6) is 0 Å². The number of hydrogen-bond acceptors (Lipinski definition) is 4. The van der Waals surface area contributed by atoms with Gasteiger partial charge in [0, 0.05) is 48.1 Å². The van der Waals surface area contributed by atoms with Gasteiger partial charge in [-0.2, -0.15) is 0 Å². The van der Waals surface area contributed by atoms with E-state index in [9.17, 15) is 0 Å². The van der Waals surface area contributed by atoms with E-state index in [1.807, 2.05) is 60.7 Å². The Balaban J connectivity index is 1.32. The molecule has 1 aliphatic heterocycles. The number of aromatic nitrogens is 2. The standard InChI is InChI=1S/C24H18Cl2N4S2/c25-21-17(13-15-5-1-3-7-19(15)27-21)23(31)29-9-11-30(12-10-29)24(32)18-14-16-6-2-4-8-20(16)28-22(18)26/h1-8,13-14H,9-12H2. The lowest BCUT2D eigenvalue weighted by atomic mass is 10.1. The summed E-state index contributed by atoms with van der Waals surface area (Å²) in [5, 5.41) is 2.90. The fourth-order valence-corrected chi connectivity index (χ4v) is 5.20. The summed E-state index contributed by atoms with van der Waals surface area (Å²) >= 11 is 24.5. The molecule has 0 unspecified atom stereocenters. The van der Waals surface area contributed by atoms with Crippen molar-refractivity contribution in [1.82, 2.24) is 19.8 Å². The summed E-state index contributed by atoms with van der Waals surface area (Å²) in [6.45, 7) is 2.95. The molecule has 1 fully saturated rings. The monoisotopic (exact) mass is 496 g/mol. The largest absolute Gasteiger partial charge is 0.359 e. The van der Waals surface area contributed by atoms with Gasteiger partial charge in [0.2, 0.25) is 0 Å². The molecule has 0 amide bonds. The first-order chi connectivity index (χ1) is 15.5. The third kappa shape index (κ3) is 4.04. The lowest BCUT2D eigenvalue weighted by molar-refractivity contribution is 0.265. The van der Waals surface area contributed by atoms with Gasteiger partial charge in [-0.15, -0.1) is 0 Å². The van der Waals surface area contributed by atoms with Gasteiger partial charge in [-0.25, -0.2) is 9.97 Å². The molecule has 160 valence electrons. The Morgan fingerprint density at radius 1 is 0.656 bits per heavy atom. The van der Waals surface area contributed by atoms with E-state index in [4.69, 9.17) is 47.6 Å². The minimum atomic E-state index is 0.431. The lowest BCUT2D eigenvalue weighted by Gasteiger charge is -2.37. The number of halogens is 2. The maximum Gasteiger partial charge on any atom is 0.139 e. The van der Waals surface area contributed by atoms with E-state index in [0.29, 0.717) is 20.3 Å². The SMILES string of the molecule is S=C(c1cc2ccccc2nc1Cl)N1CCN(C(=S)c2cc3ccccc3nc2Cl)CC1. The summed E-state index contributed by atoms with van der Waals surface area (Å²) in [5.41, 5.74) is 3.30. The number of fused-ring (bicyclic) bond motifs is 2. The van der Waals surface area contributed by atoms with E-state index in [1.165, 1.54) is 0 Å². The number of para-hydroxylation sites is 2. The first-order valence-corrected chi connectivity index (χ1v) is 11.8. The zero-order valence-electron chi connectivity index (χ0n) is 17.0. The normalized spacial score (nSPS) is 14.2. The molecule has 0 saturated carbocycles. The molecular formula is C24H18Cl2N4S2. The Bertz CT molecular complexity index is 1260. The molecule has 0 atom stereocenters.